The molecule has 1 unspecified atom stereocenters. The van der Waals surface area contributed by atoms with Crippen LogP contribution in [-0.2, 0) is 6.42 Å². The van der Waals surface area contributed by atoms with E-state index < -0.39 is 0 Å². The average Bonchev–Trinajstić information content (AvgIpc) is 3.52. The summed E-state index contributed by atoms with van der Waals surface area (Å²) in [6.45, 7) is 3.34. The number of fused-ring (bicyclic) bond motifs is 2. The lowest BCUT2D eigenvalue weighted by atomic mass is 10.1. The van der Waals surface area contributed by atoms with Gasteiger partial charge in [-0.1, -0.05) is 43.1 Å². The number of benzene rings is 2. The van der Waals surface area contributed by atoms with Gasteiger partial charge in [0.15, 0.2) is 0 Å². The first-order valence-corrected chi connectivity index (χ1v) is 13.6. The lowest BCUT2D eigenvalue weighted by molar-refractivity contribution is 0.248. The number of hydrogen-bond donors (Lipinski definition) is 1. The van der Waals surface area contributed by atoms with Crippen LogP contribution in [0.5, 0.6) is 5.88 Å². The summed E-state index contributed by atoms with van der Waals surface area (Å²) in [7, 11) is 0. The summed E-state index contributed by atoms with van der Waals surface area (Å²) in [5.41, 5.74) is 4.00. The Labute approximate surface area is 231 Å². The van der Waals surface area contributed by atoms with Gasteiger partial charge in [-0.15, -0.1) is 0 Å². The molecule has 0 saturated carbocycles. The fourth-order valence-electron chi connectivity index (χ4n) is 5.00. The van der Waals surface area contributed by atoms with Crippen molar-refractivity contribution in [3.63, 3.8) is 0 Å². The van der Waals surface area contributed by atoms with Crippen LogP contribution in [-0.4, -0.2) is 37.7 Å². The van der Waals surface area contributed by atoms with Crippen molar-refractivity contribution in [2.45, 2.75) is 38.6 Å². The van der Waals surface area contributed by atoms with Gasteiger partial charge in [0.05, 0.1) is 33.7 Å². The van der Waals surface area contributed by atoms with E-state index in [2.05, 4.69) is 26.8 Å². The highest BCUT2D eigenvalue weighted by molar-refractivity contribution is 6.35. The summed E-state index contributed by atoms with van der Waals surface area (Å²) in [6, 6.07) is 17.8. The maximum Gasteiger partial charge on any atom is 0.223 e. The van der Waals surface area contributed by atoms with Crippen molar-refractivity contribution in [2.75, 3.05) is 18.5 Å². The number of aromatic nitrogens is 5. The van der Waals surface area contributed by atoms with E-state index in [1.54, 1.807) is 24.4 Å². The van der Waals surface area contributed by atoms with Crippen LogP contribution in [0.1, 0.15) is 38.1 Å². The molecule has 0 spiro atoms. The first-order valence-electron chi connectivity index (χ1n) is 13.2. The largest absolute Gasteiger partial charge is 0.475 e. The maximum absolute atomic E-state index is 13.8. The van der Waals surface area contributed by atoms with Crippen molar-refractivity contribution in [2.24, 2.45) is 0 Å². The number of halogens is 2. The molecule has 39 heavy (non-hydrogen) atoms. The van der Waals surface area contributed by atoms with Crippen molar-refractivity contribution in [3.8, 4) is 28.5 Å². The first-order chi connectivity index (χ1) is 19.1. The molecule has 3 aromatic heterocycles. The number of imidazole rings is 1. The molecule has 6 rings (SSSR count). The van der Waals surface area contributed by atoms with E-state index in [1.807, 2.05) is 30.3 Å². The lowest BCUT2D eigenvalue weighted by Gasteiger charge is -2.18. The van der Waals surface area contributed by atoms with Gasteiger partial charge < -0.3 is 14.6 Å². The Morgan fingerprint density at radius 3 is 2.77 bits per heavy atom. The molecule has 0 amide bonds. The number of hydrogen-bond acceptors (Lipinski definition) is 6. The van der Waals surface area contributed by atoms with E-state index in [-0.39, 0.29) is 11.9 Å². The van der Waals surface area contributed by atoms with Crippen molar-refractivity contribution in [3.05, 3.63) is 83.5 Å². The van der Waals surface area contributed by atoms with Crippen LogP contribution in [0.15, 0.2) is 66.9 Å². The van der Waals surface area contributed by atoms with Crippen molar-refractivity contribution >= 4 is 28.5 Å². The minimum atomic E-state index is -0.288. The molecule has 0 saturated heterocycles. The van der Waals surface area contributed by atoms with Gasteiger partial charge in [-0.3, -0.25) is 0 Å². The van der Waals surface area contributed by atoms with E-state index in [0.717, 1.165) is 71.6 Å². The predicted octanol–water partition coefficient (Wildman–Crippen LogP) is 7.13. The van der Waals surface area contributed by atoms with Gasteiger partial charge in [-0.05, 0) is 49.2 Å². The second kappa shape index (κ2) is 11.0. The number of nitrogens with zero attached hydrogens (tertiary/aromatic N) is 5. The molecule has 5 aromatic rings. The molecule has 0 bridgehead atoms. The number of para-hydroxylation sites is 1. The molecule has 9 heteroatoms. The Morgan fingerprint density at radius 1 is 1.08 bits per heavy atom. The van der Waals surface area contributed by atoms with Crippen molar-refractivity contribution in [1.29, 1.82) is 0 Å². The summed E-state index contributed by atoms with van der Waals surface area (Å²) < 4.78 is 22.2. The van der Waals surface area contributed by atoms with Crippen molar-refractivity contribution in [1.82, 2.24) is 24.5 Å². The highest BCUT2D eigenvalue weighted by Crippen LogP contribution is 2.39. The number of anilines is 1. The van der Waals surface area contributed by atoms with Crippen LogP contribution in [0.25, 0.3) is 33.5 Å². The quantitative estimate of drug-likeness (QED) is 0.200. The third-order valence-corrected chi connectivity index (χ3v) is 7.26. The summed E-state index contributed by atoms with van der Waals surface area (Å²) in [4.78, 5) is 18.9. The Hall–Kier alpha value is -4.04. The maximum atomic E-state index is 13.8. The van der Waals surface area contributed by atoms with E-state index in [4.69, 9.17) is 26.3 Å². The number of rotatable bonds is 9. The van der Waals surface area contributed by atoms with Gasteiger partial charge >= 0.3 is 0 Å². The topological polar surface area (TPSA) is 77.8 Å². The molecule has 0 radical (unpaired) electrons. The standard InChI is InChI=1S/C30H28ClFN6O/c1-2-3-15-33-30-34-16-14-25(36-30)29-28(19-8-10-20(32)11-9-19)37-26-13-12-21(38(26)29)18-39-27-17-23(31)22-6-4-5-7-24(22)35-27/h4-11,14,16-17,21H,2-3,12-13,15,18H2,1H3,(H,33,34,36). The zero-order chi connectivity index (χ0) is 26.8. The number of nitrogens with one attached hydrogen (secondary N) is 1. The summed E-state index contributed by atoms with van der Waals surface area (Å²) in [5.74, 6) is 1.71. The lowest BCUT2D eigenvalue weighted by Crippen LogP contribution is -2.16. The second-order valence-corrected chi connectivity index (χ2v) is 10.0. The zero-order valence-electron chi connectivity index (χ0n) is 21.6. The Bertz CT molecular complexity index is 1620. The third-order valence-electron chi connectivity index (χ3n) is 6.95. The van der Waals surface area contributed by atoms with Gasteiger partial charge in [-0.25, -0.2) is 24.3 Å². The molecule has 1 aliphatic rings. The fraction of sp³-hybridized carbons (Fsp3) is 0.267. The first kappa shape index (κ1) is 25.2. The minimum Gasteiger partial charge on any atom is -0.475 e. The molecule has 198 valence electrons. The minimum absolute atomic E-state index is 0.00945. The normalized spacial score (nSPS) is 14.5. The summed E-state index contributed by atoms with van der Waals surface area (Å²) in [5, 5.41) is 4.81. The van der Waals surface area contributed by atoms with E-state index in [9.17, 15) is 4.39 Å². The SMILES string of the molecule is CCCCNc1nccc(-c2c(-c3ccc(F)cc3)nc3n2C(COc2cc(Cl)c4ccccc4n2)CC3)n1. The monoisotopic (exact) mass is 542 g/mol. The van der Waals surface area contributed by atoms with E-state index in [0.29, 0.717) is 23.5 Å². The van der Waals surface area contributed by atoms with E-state index >= 15 is 0 Å². The summed E-state index contributed by atoms with van der Waals surface area (Å²) in [6.07, 6.45) is 5.53. The molecule has 1 N–H and O–H groups in total. The van der Waals surface area contributed by atoms with Gasteiger partial charge in [-0.2, -0.15) is 0 Å². The molecule has 2 aromatic carbocycles. The Balaban J connectivity index is 1.36. The average molecular weight is 543 g/mol. The molecular weight excluding hydrogens is 515 g/mol. The highest BCUT2D eigenvalue weighted by Gasteiger charge is 2.31. The fourth-order valence-corrected chi connectivity index (χ4v) is 5.26. The number of aryl methyl sites for hydroxylation is 1. The second-order valence-electron chi connectivity index (χ2n) is 9.61. The molecule has 7 nitrogen and oxygen atoms in total. The van der Waals surface area contributed by atoms with Gasteiger partial charge in [0.25, 0.3) is 0 Å². The molecule has 1 aliphatic heterocycles. The van der Waals surface area contributed by atoms with Gasteiger partial charge in [0.1, 0.15) is 18.2 Å². The molecule has 4 heterocycles. The molecular formula is C30H28ClFN6O. The van der Waals surface area contributed by atoms with Gasteiger partial charge in [0, 0.05) is 36.2 Å². The smallest absolute Gasteiger partial charge is 0.223 e. The summed E-state index contributed by atoms with van der Waals surface area (Å²) >= 11 is 6.50. The van der Waals surface area contributed by atoms with Crippen LogP contribution >= 0.6 is 11.6 Å². The number of ether oxygens (including phenoxy) is 1. The Kier molecular flexibility index (Phi) is 7.11. The van der Waals surface area contributed by atoms with Crippen molar-refractivity contribution < 1.29 is 9.13 Å². The molecule has 0 fully saturated rings. The van der Waals surface area contributed by atoms with Crippen LogP contribution in [0.3, 0.4) is 0 Å². The van der Waals surface area contributed by atoms with Gasteiger partial charge in [0.2, 0.25) is 11.8 Å². The highest BCUT2D eigenvalue weighted by atomic mass is 35.5. The van der Waals surface area contributed by atoms with Crippen LogP contribution in [0.4, 0.5) is 10.3 Å². The molecule has 1 atom stereocenters. The Morgan fingerprint density at radius 2 is 1.92 bits per heavy atom. The predicted molar refractivity (Wildman–Crippen MR) is 152 cm³/mol. The molecule has 0 aliphatic carbocycles. The third kappa shape index (κ3) is 5.16. The van der Waals surface area contributed by atoms with Crippen LogP contribution < -0.4 is 10.1 Å². The van der Waals surface area contributed by atoms with E-state index in [1.165, 1.54) is 12.1 Å². The zero-order valence-corrected chi connectivity index (χ0v) is 22.3. The number of pyridine rings is 1. The number of unbranched alkanes of at least 4 members (excludes halogenated alkanes) is 1. The van der Waals surface area contributed by atoms with Crippen LogP contribution in [0, 0.1) is 5.82 Å². The van der Waals surface area contributed by atoms with Crippen LogP contribution in [0.2, 0.25) is 5.02 Å².